The van der Waals surface area contributed by atoms with Crippen molar-refractivity contribution in [3.05, 3.63) is 29.5 Å². The standard InChI is InChI=1S/C14H17NO2/c1-9-7-11-10(8-14(15)5-6-14)3-4-12(16-2)13(11)17-9/h3-4,7H,5-6,8,15H2,1-2H3. The number of hydrogen-bond donors (Lipinski definition) is 1. The van der Waals surface area contributed by atoms with Gasteiger partial charge in [-0.05, 0) is 43.9 Å². The number of nitrogens with two attached hydrogens (primary N) is 1. The van der Waals surface area contributed by atoms with Gasteiger partial charge in [0.1, 0.15) is 5.76 Å². The normalized spacial score (nSPS) is 17.4. The molecule has 0 aliphatic heterocycles. The lowest BCUT2D eigenvalue weighted by molar-refractivity contribution is 0.408. The second kappa shape index (κ2) is 3.50. The van der Waals surface area contributed by atoms with Gasteiger partial charge in [0, 0.05) is 10.9 Å². The number of hydrogen-bond acceptors (Lipinski definition) is 3. The highest BCUT2D eigenvalue weighted by atomic mass is 16.5. The molecule has 0 unspecified atom stereocenters. The van der Waals surface area contributed by atoms with Crippen molar-refractivity contribution in [3.63, 3.8) is 0 Å². The molecule has 0 atom stereocenters. The minimum absolute atomic E-state index is 0.0205. The summed E-state index contributed by atoms with van der Waals surface area (Å²) in [5.74, 6) is 1.70. The highest BCUT2D eigenvalue weighted by molar-refractivity contribution is 5.87. The molecule has 3 rings (SSSR count). The fourth-order valence-corrected chi connectivity index (χ4v) is 2.31. The van der Waals surface area contributed by atoms with E-state index in [9.17, 15) is 0 Å². The number of ether oxygens (including phenoxy) is 1. The quantitative estimate of drug-likeness (QED) is 0.883. The van der Waals surface area contributed by atoms with Gasteiger partial charge in [0.15, 0.2) is 11.3 Å². The van der Waals surface area contributed by atoms with Crippen LogP contribution in [0, 0.1) is 6.92 Å². The number of rotatable bonds is 3. The van der Waals surface area contributed by atoms with Gasteiger partial charge in [0.25, 0.3) is 0 Å². The van der Waals surface area contributed by atoms with Crippen LogP contribution in [0.2, 0.25) is 0 Å². The average molecular weight is 231 g/mol. The SMILES string of the molecule is COc1ccc(CC2(N)CC2)c2cc(C)oc12. The molecule has 0 saturated heterocycles. The molecular formula is C14H17NO2. The van der Waals surface area contributed by atoms with Gasteiger partial charge in [-0.15, -0.1) is 0 Å². The Kier molecular flexibility index (Phi) is 2.20. The Hall–Kier alpha value is -1.48. The maximum absolute atomic E-state index is 6.19. The summed E-state index contributed by atoms with van der Waals surface area (Å²) in [7, 11) is 1.66. The molecule has 1 aromatic carbocycles. The Balaban J connectivity index is 2.12. The van der Waals surface area contributed by atoms with Crippen LogP contribution in [-0.2, 0) is 6.42 Å². The van der Waals surface area contributed by atoms with Crippen LogP contribution in [0.5, 0.6) is 5.75 Å². The third-order valence-corrected chi connectivity index (χ3v) is 3.52. The predicted molar refractivity (Wildman–Crippen MR) is 67.4 cm³/mol. The van der Waals surface area contributed by atoms with Crippen molar-refractivity contribution in [2.75, 3.05) is 7.11 Å². The molecule has 17 heavy (non-hydrogen) atoms. The fraction of sp³-hybridized carbons (Fsp3) is 0.429. The molecule has 0 radical (unpaired) electrons. The highest BCUT2D eigenvalue weighted by Crippen LogP contribution is 2.39. The monoisotopic (exact) mass is 231 g/mol. The average Bonchev–Trinajstić information content (AvgIpc) is 2.87. The molecule has 1 heterocycles. The van der Waals surface area contributed by atoms with Crippen LogP contribution >= 0.6 is 0 Å². The number of furan rings is 1. The van der Waals surface area contributed by atoms with E-state index in [2.05, 4.69) is 12.1 Å². The Labute approximate surface area is 101 Å². The van der Waals surface area contributed by atoms with E-state index in [1.807, 2.05) is 13.0 Å². The minimum Gasteiger partial charge on any atom is -0.493 e. The minimum atomic E-state index is 0.0205. The van der Waals surface area contributed by atoms with Crippen LogP contribution < -0.4 is 10.5 Å². The molecule has 3 nitrogen and oxygen atoms in total. The lowest BCUT2D eigenvalue weighted by Crippen LogP contribution is -2.24. The highest BCUT2D eigenvalue weighted by Gasteiger charge is 2.38. The van der Waals surface area contributed by atoms with Crippen LogP contribution in [0.1, 0.15) is 24.2 Å². The molecule has 0 spiro atoms. The maximum atomic E-state index is 6.19. The van der Waals surface area contributed by atoms with Gasteiger partial charge in [-0.3, -0.25) is 0 Å². The summed E-state index contributed by atoms with van der Waals surface area (Å²) >= 11 is 0. The topological polar surface area (TPSA) is 48.4 Å². The van der Waals surface area contributed by atoms with Crippen LogP contribution in [0.15, 0.2) is 22.6 Å². The van der Waals surface area contributed by atoms with E-state index in [4.69, 9.17) is 14.9 Å². The first-order valence-electron chi connectivity index (χ1n) is 5.96. The van der Waals surface area contributed by atoms with Crippen LogP contribution in [-0.4, -0.2) is 12.6 Å². The van der Waals surface area contributed by atoms with Gasteiger partial charge in [-0.2, -0.15) is 0 Å². The van der Waals surface area contributed by atoms with Crippen molar-refractivity contribution < 1.29 is 9.15 Å². The van der Waals surface area contributed by atoms with Crippen molar-refractivity contribution in [1.29, 1.82) is 0 Å². The molecular weight excluding hydrogens is 214 g/mol. The van der Waals surface area contributed by atoms with Gasteiger partial charge in [0.05, 0.1) is 7.11 Å². The summed E-state index contributed by atoms with van der Waals surface area (Å²) in [5, 5.41) is 1.14. The Morgan fingerprint density at radius 3 is 2.82 bits per heavy atom. The van der Waals surface area contributed by atoms with Crippen LogP contribution in [0.3, 0.4) is 0 Å². The van der Waals surface area contributed by atoms with E-state index in [1.54, 1.807) is 7.11 Å². The predicted octanol–water partition coefficient (Wildman–Crippen LogP) is 2.78. The summed E-state index contributed by atoms with van der Waals surface area (Å²) in [6.07, 6.45) is 3.17. The van der Waals surface area contributed by atoms with Crippen molar-refractivity contribution in [2.45, 2.75) is 31.7 Å². The van der Waals surface area contributed by atoms with Gasteiger partial charge < -0.3 is 14.9 Å². The zero-order chi connectivity index (χ0) is 12.0. The first-order chi connectivity index (χ1) is 8.11. The van der Waals surface area contributed by atoms with Crippen molar-refractivity contribution >= 4 is 11.0 Å². The Bertz CT molecular complexity index is 567. The van der Waals surface area contributed by atoms with E-state index in [0.717, 1.165) is 41.7 Å². The second-order valence-corrected chi connectivity index (χ2v) is 5.07. The summed E-state index contributed by atoms with van der Waals surface area (Å²) in [6, 6.07) is 6.13. The van der Waals surface area contributed by atoms with Crippen LogP contribution in [0.4, 0.5) is 0 Å². The van der Waals surface area contributed by atoms with Gasteiger partial charge in [0.2, 0.25) is 0 Å². The smallest absolute Gasteiger partial charge is 0.176 e. The van der Waals surface area contributed by atoms with Crippen molar-refractivity contribution in [3.8, 4) is 5.75 Å². The Morgan fingerprint density at radius 1 is 1.41 bits per heavy atom. The van der Waals surface area contributed by atoms with E-state index in [1.165, 1.54) is 5.56 Å². The number of fused-ring (bicyclic) bond motifs is 1. The summed E-state index contributed by atoms with van der Waals surface area (Å²) in [6.45, 7) is 1.96. The fourth-order valence-electron chi connectivity index (χ4n) is 2.31. The molecule has 1 saturated carbocycles. The van der Waals surface area contributed by atoms with Gasteiger partial charge in [-0.25, -0.2) is 0 Å². The zero-order valence-electron chi connectivity index (χ0n) is 10.2. The number of aryl methyl sites for hydroxylation is 1. The first kappa shape index (κ1) is 10.7. The van der Waals surface area contributed by atoms with E-state index in [-0.39, 0.29) is 5.54 Å². The summed E-state index contributed by atoms with van der Waals surface area (Å²) in [4.78, 5) is 0. The van der Waals surface area contributed by atoms with Crippen molar-refractivity contribution in [1.82, 2.24) is 0 Å². The molecule has 1 aliphatic carbocycles. The van der Waals surface area contributed by atoms with Crippen LogP contribution in [0.25, 0.3) is 11.0 Å². The third-order valence-electron chi connectivity index (χ3n) is 3.52. The lowest BCUT2D eigenvalue weighted by Gasteiger charge is -2.10. The molecule has 2 N–H and O–H groups in total. The molecule has 0 amide bonds. The third kappa shape index (κ3) is 1.80. The van der Waals surface area contributed by atoms with E-state index >= 15 is 0 Å². The first-order valence-corrected chi connectivity index (χ1v) is 5.96. The largest absolute Gasteiger partial charge is 0.493 e. The molecule has 3 heteroatoms. The number of methoxy groups -OCH3 is 1. The summed E-state index contributed by atoms with van der Waals surface area (Å²) in [5.41, 5.74) is 8.31. The molecule has 1 fully saturated rings. The van der Waals surface area contributed by atoms with Crippen molar-refractivity contribution in [2.24, 2.45) is 5.73 Å². The van der Waals surface area contributed by atoms with Gasteiger partial charge >= 0.3 is 0 Å². The summed E-state index contributed by atoms with van der Waals surface area (Å²) < 4.78 is 11.0. The maximum Gasteiger partial charge on any atom is 0.176 e. The zero-order valence-corrected chi connectivity index (χ0v) is 10.2. The lowest BCUT2D eigenvalue weighted by atomic mass is 10.0. The second-order valence-electron chi connectivity index (χ2n) is 5.07. The molecule has 90 valence electrons. The molecule has 1 aliphatic rings. The van der Waals surface area contributed by atoms with E-state index in [0.29, 0.717) is 0 Å². The molecule has 1 aromatic heterocycles. The van der Waals surface area contributed by atoms with E-state index < -0.39 is 0 Å². The van der Waals surface area contributed by atoms with Gasteiger partial charge in [-0.1, -0.05) is 6.07 Å². The molecule has 2 aromatic rings. The number of benzene rings is 1. The molecule has 0 bridgehead atoms. The Morgan fingerprint density at radius 2 is 2.18 bits per heavy atom.